The van der Waals surface area contributed by atoms with E-state index in [1.807, 2.05) is 32.9 Å². The summed E-state index contributed by atoms with van der Waals surface area (Å²) in [4.78, 5) is 20.9. The van der Waals surface area contributed by atoms with Crippen LogP contribution in [0.3, 0.4) is 0 Å². The first-order chi connectivity index (χ1) is 16.8. The van der Waals surface area contributed by atoms with Crippen LogP contribution in [-0.4, -0.2) is 50.4 Å². The SMILES string of the molecule is CC(C)(C)c1nc(C(=O)NCc2ccc(-c3ccnc4[nH]nc(NC5CCNC5)c34)cc2F)no1. The smallest absolute Gasteiger partial charge is 0.292 e. The number of H-pyrrole nitrogens is 1. The Morgan fingerprint density at radius 3 is 2.86 bits per heavy atom. The van der Waals surface area contributed by atoms with Gasteiger partial charge >= 0.3 is 0 Å². The molecule has 3 aromatic heterocycles. The van der Waals surface area contributed by atoms with E-state index in [0.29, 0.717) is 28.5 Å². The number of carbonyl (C=O) groups excluding carboxylic acids is 1. The second kappa shape index (κ2) is 9.06. The van der Waals surface area contributed by atoms with E-state index in [1.54, 1.807) is 12.3 Å². The maximum absolute atomic E-state index is 15.0. The number of nitrogens with one attached hydrogen (secondary N) is 4. The molecule has 1 amide bonds. The van der Waals surface area contributed by atoms with Gasteiger partial charge in [-0.3, -0.25) is 9.89 Å². The predicted molar refractivity (Wildman–Crippen MR) is 128 cm³/mol. The molecular formula is C24H27FN8O2. The van der Waals surface area contributed by atoms with Gasteiger partial charge in [-0.2, -0.15) is 10.1 Å². The van der Waals surface area contributed by atoms with Crippen molar-refractivity contribution in [1.82, 2.24) is 36.0 Å². The molecular weight excluding hydrogens is 451 g/mol. The first kappa shape index (κ1) is 22.9. The Kier molecular flexibility index (Phi) is 5.93. The van der Waals surface area contributed by atoms with Gasteiger partial charge in [-0.1, -0.05) is 38.1 Å². The third-order valence-electron chi connectivity index (χ3n) is 5.94. The summed E-state index contributed by atoms with van der Waals surface area (Å²) in [5, 5.41) is 21.3. The summed E-state index contributed by atoms with van der Waals surface area (Å²) >= 11 is 0. The molecule has 4 N–H and O–H groups in total. The number of nitrogens with zero attached hydrogens (tertiary/aromatic N) is 4. The monoisotopic (exact) mass is 478 g/mol. The van der Waals surface area contributed by atoms with Crippen LogP contribution < -0.4 is 16.0 Å². The summed E-state index contributed by atoms with van der Waals surface area (Å²) in [7, 11) is 0. The van der Waals surface area contributed by atoms with Crippen molar-refractivity contribution in [2.45, 2.75) is 45.2 Å². The summed E-state index contributed by atoms with van der Waals surface area (Å²) in [6, 6.07) is 7.04. The molecule has 182 valence electrons. The van der Waals surface area contributed by atoms with E-state index >= 15 is 4.39 Å². The van der Waals surface area contributed by atoms with Gasteiger partial charge in [-0.05, 0) is 36.2 Å². The number of amides is 1. The standard InChI is InChI=1S/C24H27FN8O2/c1-24(2,3)23-30-21(33-35-23)22(34)28-11-14-5-4-13(10-17(14)25)16-7-9-27-19-18(16)20(32-31-19)29-15-6-8-26-12-15/h4-5,7,9-10,15,26H,6,8,11-12H2,1-3H3,(H,28,34)(H2,27,29,31,32). The molecule has 11 heteroatoms. The van der Waals surface area contributed by atoms with Gasteiger partial charge in [0.2, 0.25) is 5.89 Å². The van der Waals surface area contributed by atoms with Gasteiger partial charge in [0.25, 0.3) is 11.7 Å². The number of aromatic amines is 1. The van der Waals surface area contributed by atoms with Crippen LogP contribution in [0.2, 0.25) is 0 Å². The van der Waals surface area contributed by atoms with E-state index < -0.39 is 11.7 Å². The van der Waals surface area contributed by atoms with Crippen molar-refractivity contribution < 1.29 is 13.7 Å². The molecule has 1 atom stereocenters. The number of halogens is 1. The maximum atomic E-state index is 15.0. The molecule has 0 aliphatic carbocycles. The van der Waals surface area contributed by atoms with E-state index in [4.69, 9.17) is 4.52 Å². The minimum Gasteiger partial charge on any atom is -0.364 e. The Morgan fingerprint density at radius 1 is 1.29 bits per heavy atom. The lowest BCUT2D eigenvalue weighted by Crippen LogP contribution is -2.24. The minimum absolute atomic E-state index is 0.0106. The van der Waals surface area contributed by atoms with Gasteiger partial charge in [0.1, 0.15) is 5.82 Å². The molecule has 0 radical (unpaired) electrons. The van der Waals surface area contributed by atoms with Gasteiger partial charge in [0.05, 0.1) is 5.39 Å². The van der Waals surface area contributed by atoms with Crippen LogP contribution >= 0.6 is 0 Å². The van der Waals surface area contributed by atoms with E-state index in [-0.39, 0.29) is 23.8 Å². The first-order valence-corrected chi connectivity index (χ1v) is 11.5. The van der Waals surface area contributed by atoms with Crippen LogP contribution in [-0.2, 0) is 12.0 Å². The Bertz CT molecular complexity index is 1370. The maximum Gasteiger partial charge on any atom is 0.292 e. The number of anilines is 1. The highest BCUT2D eigenvalue weighted by Crippen LogP contribution is 2.33. The van der Waals surface area contributed by atoms with Crippen molar-refractivity contribution in [3.8, 4) is 11.1 Å². The van der Waals surface area contributed by atoms with E-state index in [2.05, 4.69) is 41.3 Å². The van der Waals surface area contributed by atoms with E-state index in [1.165, 1.54) is 6.07 Å². The third-order valence-corrected chi connectivity index (χ3v) is 5.94. The lowest BCUT2D eigenvalue weighted by Gasteiger charge is -2.12. The van der Waals surface area contributed by atoms with Crippen molar-refractivity contribution in [3.05, 3.63) is 53.6 Å². The van der Waals surface area contributed by atoms with Crippen LogP contribution in [0.25, 0.3) is 22.2 Å². The molecule has 0 saturated carbocycles. The third kappa shape index (κ3) is 4.72. The van der Waals surface area contributed by atoms with Crippen molar-refractivity contribution in [2.75, 3.05) is 18.4 Å². The second-order valence-electron chi connectivity index (χ2n) is 9.65. The van der Waals surface area contributed by atoms with E-state index in [0.717, 1.165) is 30.5 Å². The van der Waals surface area contributed by atoms with Gasteiger partial charge in [0, 0.05) is 36.3 Å². The summed E-state index contributed by atoms with van der Waals surface area (Å²) in [6.07, 6.45) is 2.67. The average molecular weight is 479 g/mol. The molecule has 4 heterocycles. The van der Waals surface area contributed by atoms with Crippen LogP contribution in [0.5, 0.6) is 0 Å². The van der Waals surface area contributed by atoms with Crippen molar-refractivity contribution in [2.24, 2.45) is 0 Å². The normalized spacial score (nSPS) is 16.1. The van der Waals surface area contributed by atoms with Crippen molar-refractivity contribution in [1.29, 1.82) is 0 Å². The lowest BCUT2D eigenvalue weighted by molar-refractivity contribution is 0.0937. The number of pyridine rings is 1. The Morgan fingerprint density at radius 2 is 2.14 bits per heavy atom. The number of rotatable bonds is 6. The highest BCUT2D eigenvalue weighted by molar-refractivity contribution is 6.00. The molecule has 5 rings (SSSR count). The number of carbonyl (C=O) groups is 1. The molecule has 35 heavy (non-hydrogen) atoms. The summed E-state index contributed by atoms with van der Waals surface area (Å²) in [6.45, 7) is 7.53. The molecule has 4 aromatic rings. The summed E-state index contributed by atoms with van der Waals surface area (Å²) in [5.74, 6) is 0.0133. The van der Waals surface area contributed by atoms with Gasteiger partial charge in [0.15, 0.2) is 11.5 Å². The highest BCUT2D eigenvalue weighted by Gasteiger charge is 2.24. The molecule has 0 bridgehead atoms. The fourth-order valence-electron chi connectivity index (χ4n) is 4.00. The molecule has 10 nitrogen and oxygen atoms in total. The molecule has 1 saturated heterocycles. The van der Waals surface area contributed by atoms with Crippen LogP contribution in [0.15, 0.2) is 35.0 Å². The predicted octanol–water partition coefficient (Wildman–Crippen LogP) is 3.15. The molecule has 1 aliphatic rings. The van der Waals surface area contributed by atoms with E-state index in [9.17, 15) is 4.79 Å². The molecule has 1 fully saturated rings. The van der Waals surface area contributed by atoms with Gasteiger partial charge < -0.3 is 20.5 Å². The largest absolute Gasteiger partial charge is 0.364 e. The minimum atomic E-state index is -0.529. The fourth-order valence-corrected chi connectivity index (χ4v) is 4.00. The molecule has 1 unspecified atom stereocenters. The zero-order valence-corrected chi connectivity index (χ0v) is 19.8. The number of hydrogen-bond acceptors (Lipinski definition) is 8. The zero-order chi connectivity index (χ0) is 24.6. The molecule has 0 spiro atoms. The van der Waals surface area contributed by atoms with Crippen molar-refractivity contribution in [3.63, 3.8) is 0 Å². The zero-order valence-electron chi connectivity index (χ0n) is 19.8. The first-order valence-electron chi connectivity index (χ1n) is 11.5. The number of hydrogen-bond donors (Lipinski definition) is 4. The number of benzene rings is 1. The Balaban J connectivity index is 1.34. The Hall–Kier alpha value is -3.86. The highest BCUT2D eigenvalue weighted by atomic mass is 19.1. The van der Waals surface area contributed by atoms with Crippen LogP contribution in [0.1, 0.15) is 49.3 Å². The van der Waals surface area contributed by atoms with Crippen molar-refractivity contribution >= 4 is 22.8 Å². The fraction of sp³-hybridized carbons (Fsp3) is 0.375. The molecule has 1 aliphatic heterocycles. The van der Waals surface area contributed by atoms with Gasteiger partial charge in [-0.15, -0.1) is 0 Å². The average Bonchev–Trinajstić information content (AvgIpc) is 3.59. The Labute approximate surface area is 201 Å². The topological polar surface area (TPSA) is 134 Å². The lowest BCUT2D eigenvalue weighted by atomic mass is 9.97. The second-order valence-corrected chi connectivity index (χ2v) is 9.65. The van der Waals surface area contributed by atoms with Gasteiger partial charge in [-0.25, -0.2) is 9.37 Å². The summed E-state index contributed by atoms with van der Waals surface area (Å²) in [5.41, 5.74) is 2.10. The molecule has 1 aromatic carbocycles. The number of fused-ring (bicyclic) bond motifs is 1. The van der Waals surface area contributed by atoms with Crippen LogP contribution in [0, 0.1) is 5.82 Å². The summed E-state index contributed by atoms with van der Waals surface area (Å²) < 4.78 is 20.2. The number of aromatic nitrogens is 5. The van der Waals surface area contributed by atoms with Crippen LogP contribution in [0.4, 0.5) is 10.2 Å². The quantitative estimate of drug-likeness (QED) is 0.332.